The predicted molar refractivity (Wildman–Crippen MR) is 72.9 cm³/mol. The maximum atomic E-state index is 11.9. The van der Waals surface area contributed by atoms with Gasteiger partial charge < -0.3 is 5.73 Å². The van der Waals surface area contributed by atoms with E-state index in [2.05, 4.69) is 24.0 Å². The molecule has 1 atom stereocenters. The SMILES string of the molecule is CCC1(C(N)=O)CCCCN1Cc1ccccc1. The molecule has 0 aliphatic carbocycles. The summed E-state index contributed by atoms with van der Waals surface area (Å²) in [7, 11) is 0. The minimum Gasteiger partial charge on any atom is -0.368 e. The van der Waals surface area contributed by atoms with E-state index in [4.69, 9.17) is 5.73 Å². The lowest BCUT2D eigenvalue weighted by Crippen LogP contribution is -2.59. The Hall–Kier alpha value is -1.35. The van der Waals surface area contributed by atoms with Crippen molar-refractivity contribution in [3.8, 4) is 0 Å². The molecule has 0 radical (unpaired) electrons. The maximum absolute atomic E-state index is 11.9. The first-order chi connectivity index (χ1) is 8.69. The Morgan fingerprint density at radius 3 is 2.67 bits per heavy atom. The second-order valence-corrected chi connectivity index (χ2v) is 5.11. The molecular weight excluding hydrogens is 224 g/mol. The van der Waals surface area contributed by atoms with Crippen LogP contribution in [0, 0.1) is 0 Å². The lowest BCUT2D eigenvalue weighted by atomic mass is 9.83. The molecule has 3 nitrogen and oxygen atoms in total. The monoisotopic (exact) mass is 246 g/mol. The van der Waals surface area contributed by atoms with Gasteiger partial charge in [-0.05, 0) is 37.8 Å². The van der Waals surface area contributed by atoms with E-state index in [1.54, 1.807) is 0 Å². The summed E-state index contributed by atoms with van der Waals surface area (Å²) >= 11 is 0. The normalized spacial score (nSPS) is 24.9. The van der Waals surface area contributed by atoms with Crippen molar-refractivity contribution in [2.24, 2.45) is 5.73 Å². The van der Waals surface area contributed by atoms with Crippen molar-refractivity contribution in [1.82, 2.24) is 4.90 Å². The minimum atomic E-state index is -0.436. The van der Waals surface area contributed by atoms with Gasteiger partial charge in [-0.3, -0.25) is 9.69 Å². The molecule has 0 bridgehead atoms. The van der Waals surface area contributed by atoms with Crippen molar-refractivity contribution in [1.29, 1.82) is 0 Å². The predicted octanol–water partition coefficient (Wildman–Crippen LogP) is 2.31. The number of benzene rings is 1. The zero-order valence-electron chi connectivity index (χ0n) is 11.1. The van der Waals surface area contributed by atoms with Gasteiger partial charge in [-0.15, -0.1) is 0 Å². The van der Waals surface area contributed by atoms with Crippen LogP contribution in [0.4, 0.5) is 0 Å². The van der Waals surface area contributed by atoms with Crippen LogP contribution in [0.5, 0.6) is 0 Å². The van der Waals surface area contributed by atoms with Gasteiger partial charge in [0.2, 0.25) is 5.91 Å². The smallest absolute Gasteiger partial charge is 0.237 e. The second kappa shape index (κ2) is 5.53. The molecule has 1 aliphatic heterocycles. The fraction of sp³-hybridized carbons (Fsp3) is 0.533. The number of likely N-dealkylation sites (tertiary alicyclic amines) is 1. The van der Waals surface area contributed by atoms with Gasteiger partial charge in [-0.1, -0.05) is 37.3 Å². The fourth-order valence-electron chi connectivity index (χ4n) is 2.98. The van der Waals surface area contributed by atoms with Crippen LogP contribution >= 0.6 is 0 Å². The average Bonchev–Trinajstić information content (AvgIpc) is 2.40. The third kappa shape index (κ3) is 2.41. The van der Waals surface area contributed by atoms with Gasteiger partial charge in [0.25, 0.3) is 0 Å². The lowest BCUT2D eigenvalue weighted by Gasteiger charge is -2.44. The topological polar surface area (TPSA) is 46.3 Å². The van der Waals surface area contributed by atoms with Crippen LogP contribution in [-0.2, 0) is 11.3 Å². The van der Waals surface area contributed by atoms with Gasteiger partial charge >= 0.3 is 0 Å². The van der Waals surface area contributed by atoms with Crippen LogP contribution in [0.3, 0.4) is 0 Å². The van der Waals surface area contributed by atoms with Gasteiger partial charge in [0.1, 0.15) is 5.54 Å². The summed E-state index contributed by atoms with van der Waals surface area (Å²) in [5.41, 5.74) is 6.49. The number of nitrogens with two attached hydrogens (primary N) is 1. The van der Waals surface area contributed by atoms with E-state index < -0.39 is 5.54 Å². The highest BCUT2D eigenvalue weighted by molar-refractivity contribution is 5.84. The number of hydrogen-bond acceptors (Lipinski definition) is 2. The van der Waals surface area contributed by atoms with Crippen molar-refractivity contribution >= 4 is 5.91 Å². The molecule has 1 aliphatic rings. The zero-order valence-corrected chi connectivity index (χ0v) is 11.1. The third-order valence-corrected chi connectivity index (χ3v) is 4.13. The number of carbonyl (C=O) groups is 1. The first-order valence-electron chi connectivity index (χ1n) is 6.78. The van der Waals surface area contributed by atoms with Gasteiger partial charge in [-0.2, -0.15) is 0 Å². The van der Waals surface area contributed by atoms with E-state index in [0.29, 0.717) is 0 Å². The molecule has 1 saturated heterocycles. The molecular formula is C15H22N2O. The van der Waals surface area contributed by atoms with Crippen molar-refractivity contribution < 1.29 is 4.79 Å². The van der Waals surface area contributed by atoms with Gasteiger partial charge in [0, 0.05) is 6.54 Å². The number of hydrogen-bond donors (Lipinski definition) is 1. The molecule has 1 heterocycles. The van der Waals surface area contributed by atoms with Crippen molar-refractivity contribution in [3.05, 3.63) is 35.9 Å². The van der Waals surface area contributed by atoms with Crippen LogP contribution in [0.25, 0.3) is 0 Å². The van der Waals surface area contributed by atoms with Gasteiger partial charge in [0.15, 0.2) is 0 Å². The van der Waals surface area contributed by atoms with Gasteiger partial charge in [0.05, 0.1) is 0 Å². The highest BCUT2D eigenvalue weighted by Crippen LogP contribution is 2.32. The Bertz CT molecular complexity index is 404. The van der Waals surface area contributed by atoms with E-state index in [-0.39, 0.29) is 5.91 Å². The number of amides is 1. The van der Waals surface area contributed by atoms with Crippen molar-refractivity contribution in [2.45, 2.75) is 44.7 Å². The standard InChI is InChI=1S/C15H22N2O/c1-2-15(14(16)18)10-6-7-11-17(15)12-13-8-4-3-5-9-13/h3-5,8-9H,2,6-7,10-12H2,1H3,(H2,16,18). The molecule has 0 saturated carbocycles. The fourth-order valence-corrected chi connectivity index (χ4v) is 2.98. The number of piperidine rings is 1. The Morgan fingerprint density at radius 2 is 2.06 bits per heavy atom. The minimum absolute atomic E-state index is 0.166. The Kier molecular flexibility index (Phi) is 4.02. The van der Waals surface area contributed by atoms with E-state index >= 15 is 0 Å². The van der Waals surface area contributed by atoms with Crippen molar-refractivity contribution in [3.63, 3.8) is 0 Å². The summed E-state index contributed by atoms with van der Waals surface area (Å²) in [6, 6.07) is 10.3. The zero-order chi connectivity index (χ0) is 13.0. The summed E-state index contributed by atoms with van der Waals surface area (Å²) in [5, 5.41) is 0. The number of nitrogens with zero attached hydrogens (tertiary/aromatic N) is 1. The van der Waals surface area contributed by atoms with Gasteiger partial charge in [-0.25, -0.2) is 0 Å². The molecule has 1 unspecified atom stereocenters. The molecule has 18 heavy (non-hydrogen) atoms. The molecule has 2 N–H and O–H groups in total. The highest BCUT2D eigenvalue weighted by atomic mass is 16.1. The molecule has 1 fully saturated rings. The third-order valence-electron chi connectivity index (χ3n) is 4.13. The first kappa shape index (κ1) is 13.1. The second-order valence-electron chi connectivity index (χ2n) is 5.11. The van der Waals surface area contributed by atoms with Crippen molar-refractivity contribution in [2.75, 3.05) is 6.54 Å². The Morgan fingerprint density at radius 1 is 1.33 bits per heavy atom. The van der Waals surface area contributed by atoms with E-state index in [9.17, 15) is 4.79 Å². The van der Waals surface area contributed by atoms with Crippen LogP contribution in [0.2, 0.25) is 0 Å². The molecule has 1 amide bonds. The summed E-state index contributed by atoms with van der Waals surface area (Å²) in [4.78, 5) is 14.2. The van der Waals surface area contributed by atoms with E-state index in [1.165, 1.54) is 5.56 Å². The molecule has 98 valence electrons. The van der Waals surface area contributed by atoms with Crippen LogP contribution in [0.15, 0.2) is 30.3 Å². The number of primary amides is 1. The molecule has 0 aromatic heterocycles. The van der Waals surface area contributed by atoms with Crippen LogP contribution < -0.4 is 5.73 Å². The van der Waals surface area contributed by atoms with E-state index in [0.717, 1.165) is 38.8 Å². The molecule has 1 aromatic carbocycles. The Balaban J connectivity index is 2.20. The largest absolute Gasteiger partial charge is 0.368 e. The summed E-state index contributed by atoms with van der Waals surface area (Å²) in [6.45, 7) is 3.84. The molecule has 3 heteroatoms. The molecule has 0 spiro atoms. The van der Waals surface area contributed by atoms with Crippen LogP contribution in [-0.4, -0.2) is 22.9 Å². The molecule has 1 aromatic rings. The van der Waals surface area contributed by atoms with E-state index in [1.807, 2.05) is 18.2 Å². The Labute approximate surface area is 109 Å². The maximum Gasteiger partial charge on any atom is 0.237 e. The quantitative estimate of drug-likeness (QED) is 0.886. The van der Waals surface area contributed by atoms with Crippen LogP contribution in [0.1, 0.15) is 38.2 Å². The first-order valence-corrected chi connectivity index (χ1v) is 6.78. The summed E-state index contributed by atoms with van der Waals surface area (Å²) in [5.74, 6) is -0.166. The highest BCUT2D eigenvalue weighted by Gasteiger charge is 2.42. The molecule has 2 rings (SSSR count). The number of carbonyl (C=O) groups excluding carboxylic acids is 1. The number of rotatable bonds is 4. The summed E-state index contributed by atoms with van der Waals surface area (Å²) in [6.07, 6.45) is 3.95. The summed E-state index contributed by atoms with van der Waals surface area (Å²) < 4.78 is 0. The lowest BCUT2D eigenvalue weighted by molar-refractivity contribution is -0.133. The average molecular weight is 246 g/mol.